The van der Waals surface area contributed by atoms with Gasteiger partial charge in [0.15, 0.2) is 12.7 Å². The van der Waals surface area contributed by atoms with E-state index >= 15 is 0 Å². The van der Waals surface area contributed by atoms with Crippen molar-refractivity contribution >= 4 is 24.2 Å². The van der Waals surface area contributed by atoms with E-state index in [0.29, 0.717) is 17.6 Å². The van der Waals surface area contributed by atoms with Gasteiger partial charge < -0.3 is 14.8 Å². The van der Waals surface area contributed by atoms with Gasteiger partial charge >= 0.3 is 12.0 Å². The summed E-state index contributed by atoms with van der Waals surface area (Å²) >= 11 is 0. The van der Waals surface area contributed by atoms with Gasteiger partial charge in [0, 0.05) is 11.6 Å². The predicted molar refractivity (Wildman–Crippen MR) is 91.8 cm³/mol. The Labute approximate surface area is 151 Å². The van der Waals surface area contributed by atoms with Gasteiger partial charge in [-0.05, 0) is 44.0 Å². The number of imide groups is 1. The molecule has 0 aromatic heterocycles. The SMILES string of the molecule is C[C@H](OC(=O)COc1ccc(C=O)cc1)C(=O)NC(=O)NC1CCCC1. The van der Waals surface area contributed by atoms with E-state index in [9.17, 15) is 19.2 Å². The first-order valence-electron chi connectivity index (χ1n) is 8.47. The Morgan fingerprint density at radius 2 is 1.85 bits per heavy atom. The van der Waals surface area contributed by atoms with E-state index in [2.05, 4.69) is 10.6 Å². The van der Waals surface area contributed by atoms with E-state index in [1.165, 1.54) is 6.92 Å². The quantitative estimate of drug-likeness (QED) is 0.563. The number of carbonyl (C=O) groups excluding carboxylic acids is 4. The molecule has 0 heterocycles. The molecule has 1 aromatic rings. The van der Waals surface area contributed by atoms with Crippen molar-refractivity contribution in [3.63, 3.8) is 0 Å². The maximum atomic E-state index is 11.9. The Hall–Kier alpha value is -2.90. The molecule has 1 aliphatic carbocycles. The zero-order chi connectivity index (χ0) is 18.9. The molecule has 0 bridgehead atoms. The minimum absolute atomic E-state index is 0.0830. The molecule has 1 fully saturated rings. The molecular weight excluding hydrogens is 340 g/mol. The molecule has 1 atom stereocenters. The van der Waals surface area contributed by atoms with Crippen LogP contribution in [0.3, 0.4) is 0 Å². The van der Waals surface area contributed by atoms with Gasteiger partial charge in [0.1, 0.15) is 12.0 Å². The van der Waals surface area contributed by atoms with Crippen molar-refractivity contribution in [2.24, 2.45) is 0 Å². The van der Waals surface area contributed by atoms with Crippen LogP contribution in [0, 0.1) is 0 Å². The second kappa shape index (κ2) is 9.55. The van der Waals surface area contributed by atoms with Crippen molar-refractivity contribution < 1.29 is 28.7 Å². The lowest BCUT2D eigenvalue weighted by Gasteiger charge is -2.15. The van der Waals surface area contributed by atoms with Crippen LogP contribution in [0.5, 0.6) is 5.75 Å². The van der Waals surface area contributed by atoms with Crippen LogP contribution in [-0.4, -0.2) is 42.9 Å². The van der Waals surface area contributed by atoms with Crippen molar-refractivity contribution in [1.82, 2.24) is 10.6 Å². The first-order valence-corrected chi connectivity index (χ1v) is 8.47. The number of amides is 3. The lowest BCUT2D eigenvalue weighted by atomic mass is 10.2. The van der Waals surface area contributed by atoms with Gasteiger partial charge in [-0.2, -0.15) is 0 Å². The van der Waals surface area contributed by atoms with Crippen LogP contribution in [0.15, 0.2) is 24.3 Å². The summed E-state index contributed by atoms with van der Waals surface area (Å²) in [7, 11) is 0. The maximum absolute atomic E-state index is 11.9. The molecule has 0 spiro atoms. The third kappa shape index (κ3) is 6.19. The Bertz CT molecular complexity index is 652. The molecule has 1 saturated carbocycles. The highest BCUT2D eigenvalue weighted by molar-refractivity contribution is 5.97. The summed E-state index contributed by atoms with van der Waals surface area (Å²) in [6.07, 6.45) is 3.49. The lowest BCUT2D eigenvalue weighted by molar-refractivity contribution is -0.156. The molecule has 0 radical (unpaired) electrons. The summed E-state index contributed by atoms with van der Waals surface area (Å²) < 4.78 is 10.2. The smallest absolute Gasteiger partial charge is 0.344 e. The number of hydrogen-bond acceptors (Lipinski definition) is 6. The van der Waals surface area contributed by atoms with Crippen LogP contribution in [0.1, 0.15) is 43.0 Å². The minimum Gasteiger partial charge on any atom is -0.482 e. The second-order valence-corrected chi connectivity index (χ2v) is 6.05. The summed E-state index contributed by atoms with van der Waals surface area (Å²) in [6.45, 7) is 0.973. The molecule has 26 heavy (non-hydrogen) atoms. The molecule has 8 heteroatoms. The molecule has 2 rings (SSSR count). The van der Waals surface area contributed by atoms with Gasteiger partial charge in [0.2, 0.25) is 0 Å². The average molecular weight is 362 g/mol. The number of esters is 1. The third-order valence-corrected chi connectivity index (χ3v) is 3.98. The third-order valence-electron chi connectivity index (χ3n) is 3.98. The fourth-order valence-corrected chi connectivity index (χ4v) is 2.57. The number of hydrogen-bond donors (Lipinski definition) is 2. The Kier molecular flexibility index (Phi) is 7.13. The number of benzene rings is 1. The lowest BCUT2D eigenvalue weighted by Crippen LogP contribution is -2.47. The van der Waals surface area contributed by atoms with Gasteiger partial charge in [-0.25, -0.2) is 9.59 Å². The summed E-state index contributed by atoms with van der Waals surface area (Å²) in [5.74, 6) is -1.06. The number of ether oxygens (including phenoxy) is 2. The van der Waals surface area contributed by atoms with Gasteiger partial charge in [-0.15, -0.1) is 0 Å². The van der Waals surface area contributed by atoms with Crippen molar-refractivity contribution in [2.75, 3.05) is 6.61 Å². The molecule has 1 aromatic carbocycles. The van der Waals surface area contributed by atoms with Crippen molar-refractivity contribution in [3.8, 4) is 5.75 Å². The zero-order valence-corrected chi connectivity index (χ0v) is 14.5. The molecule has 0 aliphatic heterocycles. The van der Waals surface area contributed by atoms with Crippen LogP contribution in [-0.2, 0) is 14.3 Å². The molecule has 2 N–H and O–H groups in total. The van der Waals surface area contributed by atoms with Crippen molar-refractivity contribution in [1.29, 1.82) is 0 Å². The van der Waals surface area contributed by atoms with Crippen molar-refractivity contribution in [3.05, 3.63) is 29.8 Å². The normalized spacial score (nSPS) is 15.0. The predicted octanol–water partition coefficient (Wildman–Crippen LogP) is 1.58. The fourth-order valence-electron chi connectivity index (χ4n) is 2.57. The summed E-state index contributed by atoms with van der Waals surface area (Å²) in [4.78, 5) is 45.9. The minimum atomic E-state index is -1.13. The van der Waals surface area contributed by atoms with Gasteiger partial charge in [0.25, 0.3) is 5.91 Å². The fraction of sp³-hybridized carbons (Fsp3) is 0.444. The van der Waals surface area contributed by atoms with E-state index < -0.39 is 30.6 Å². The highest BCUT2D eigenvalue weighted by atomic mass is 16.6. The van der Waals surface area contributed by atoms with Crippen LogP contribution in [0.25, 0.3) is 0 Å². The standard InChI is InChI=1S/C18H22N2O6/c1-12(17(23)20-18(24)19-14-4-2-3-5-14)26-16(22)11-25-15-8-6-13(10-21)7-9-15/h6-10,12,14H,2-5,11H2,1H3,(H2,19,20,23,24)/t12-/m0/s1. The molecule has 0 saturated heterocycles. The molecular formula is C18H22N2O6. The average Bonchev–Trinajstić information content (AvgIpc) is 3.13. The highest BCUT2D eigenvalue weighted by Crippen LogP contribution is 2.17. The van der Waals surface area contributed by atoms with Crippen molar-refractivity contribution in [2.45, 2.75) is 44.8 Å². The van der Waals surface area contributed by atoms with Gasteiger partial charge in [-0.1, -0.05) is 12.8 Å². The van der Waals surface area contributed by atoms with Crippen LogP contribution < -0.4 is 15.4 Å². The molecule has 3 amide bonds. The summed E-state index contributed by atoms with van der Waals surface area (Å²) in [5.41, 5.74) is 0.487. The number of rotatable bonds is 7. The second-order valence-electron chi connectivity index (χ2n) is 6.05. The largest absolute Gasteiger partial charge is 0.482 e. The van der Waals surface area contributed by atoms with Gasteiger partial charge in [0.05, 0.1) is 0 Å². The maximum Gasteiger partial charge on any atom is 0.344 e. The molecule has 1 aliphatic rings. The Morgan fingerprint density at radius 1 is 1.19 bits per heavy atom. The van der Waals surface area contributed by atoms with E-state index in [0.717, 1.165) is 25.7 Å². The van der Waals surface area contributed by atoms with Crippen LogP contribution in [0.2, 0.25) is 0 Å². The Morgan fingerprint density at radius 3 is 2.46 bits per heavy atom. The monoisotopic (exact) mass is 362 g/mol. The molecule has 0 unspecified atom stereocenters. The molecule has 140 valence electrons. The van der Waals surface area contributed by atoms with E-state index in [4.69, 9.17) is 9.47 Å². The number of aldehydes is 1. The Balaban J connectivity index is 1.70. The molecule has 8 nitrogen and oxygen atoms in total. The van der Waals surface area contributed by atoms with E-state index in [1.54, 1.807) is 24.3 Å². The number of nitrogens with one attached hydrogen (secondary N) is 2. The highest BCUT2D eigenvalue weighted by Gasteiger charge is 2.22. The number of urea groups is 1. The summed E-state index contributed by atoms with van der Waals surface area (Å²) in [5, 5.41) is 4.87. The topological polar surface area (TPSA) is 111 Å². The van der Waals surface area contributed by atoms with Crippen LogP contribution >= 0.6 is 0 Å². The number of carbonyl (C=O) groups is 4. The van der Waals surface area contributed by atoms with E-state index in [1.807, 2.05) is 0 Å². The van der Waals surface area contributed by atoms with Crippen LogP contribution in [0.4, 0.5) is 4.79 Å². The summed E-state index contributed by atoms with van der Waals surface area (Å²) in [6, 6.07) is 5.68. The van der Waals surface area contributed by atoms with E-state index in [-0.39, 0.29) is 6.04 Å². The first-order chi connectivity index (χ1) is 12.5. The first kappa shape index (κ1) is 19.4. The van der Waals surface area contributed by atoms with Gasteiger partial charge in [-0.3, -0.25) is 14.9 Å². The zero-order valence-electron chi connectivity index (χ0n) is 14.5.